The summed E-state index contributed by atoms with van der Waals surface area (Å²) in [6.45, 7) is -0.333. The molecule has 7 nitrogen and oxygen atoms in total. The summed E-state index contributed by atoms with van der Waals surface area (Å²) < 4.78 is 4.66. The van der Waals surface area contributed by atoms with Crippen LogP contribution in [0, 0.1) is 23.7 Å². The summed E-state index contributed by atoms with van der Waals surface area (Å²) >= 11 is 1.15. The molecule has 8 heteroatoms. The molecule has 2 fully saturated rings. The van der Waals surface area contributed by atoms with Gasteiger partial charge in [0.05, 0.1) is 24.6 Å². The summed E-state index contributed by atoms with van der Waals surface area (Å²) in [7, 11) is 1.26. The second kappa shape index (κ2) is 5.80. The molecule has 0 radical (unpaired) electrons. The molecule has 1 saturated heterocycles. The molecule has 2 bridgehead atoms. The average molecular weight is 360 g/mol. The van der Waals surface area contributed by atoms with E-state index in [2.05, 4.69) is 10.1 Å². The Morgan fingerprint density at radius 1 is 1.24 bits per heavy atom. The van der Waals surface area contributed by atoms with Gasteiger partial charge in [0.1, 0.15) is 11.4 Å². The zero-order valence-corrected chi connectivity index (χ0v) is 14.2. The molecule has 25 heavy (non-hydrogen) atoms. The molecule has 3 aliphatic rings. The number of hydrogen-bond acceptors (Lipinski definition) is 6. The van der Waals surface area contributed by atoms with Crippen molar-refractivity contribution in [1.82, 2.24) is 4.90 Å². The maximum absolute atomic E-state index is 12.6. The van der Waals surface area contributed by atoms with Gasteiger partial charge in [0, 0.05) is 0 Å². The molecular formula is C17H16N2O5S. The molecule has 2 heterocycles. The zero-order valence-electron chi connectivity index (χ0n) is 13.4. The molecule has 130 valence electrons. The van der Waals surface area contributed by atoms with Gasteiger partial charge in [-0.25, -0.2) is 4.79 Å². The van der Waals surface area contributed by atoms with E-state index in [1.165, 1.54) is 7.11 Å². The van der Waals surface area contributed by atoms with Gasteiger partial charge in [-0.05, 0) is 29.7 Å². The molecule has 1 N–H and O–H groups in total. The van der Waals surface area contributed by atoms with Gasteiger partial charge in [-0.15, -0.1) is 11.3 Å². The molecule has 0 aromatic carbocycles. The number of nitrogens with zero attached hydrogens (tertiary/aromatic N) is 1. The highest BCUT2D eigenvalue weighted by atomic mass is 32.1. The summed E-state index contributed by atoms with van der Waals surface area (Å²) in [4.78, 5) is 50.4. The molecular weight excluding hydrogens is 344 g/mol. The Hall–Kier alpha value is -2.48. The number of anilines is 1. The van der Waals surface area contributed by atoms with Crippen molar-refractivity contribution in [3.63, 3.8) is 0 Å². The summed E-state index contributed by atoms with van der Waals surface area (Å²) in [6, 6.07) is 1.58. The van der Waals surface area contributed by atoms with Crippen molar-refractivity contribution >= 4 is 40.7 Å². The van der Waals surface area contributed by atoms with Crippen LogP contribution in [0.3, 0.4) is 0 Å². The van der Waals surface area contributed by atoms with Crippen molar-refractivity contribution in [2.24, 2.45) is 23.7 Å². The number of carbonyl (C=O) groups is 4. The predicted molar refractivity (Wildman–Crippen MR) is 88.7 cm³/mol. The zero-order chi connectivity index (χ0) is 17.7. The van der Waals surface area contributed by atoms with Crippen molar-refractivity contribution in [3.8, 4) is 0 Å². The standard InChI is InChI=1S/C17H16N2O5S/c1-24-17(23)14-10(4-5-25-14)18-11(20)7-19-15(21)12-8-2-3-9(6-8)13(12)16(19)22/h2-5,8-9,12-13H,6-7H2,1H3,(H,18,20). The fraction of sp³-hybridized carbons (Fsp3) is 0.412. The van der Waals surface area contributed by atoms with Crippen LogP contribution in [0.5, 0.6) is 0 Å². The first-order valence-electron chi connectivity index (χ1n) is 8.00. The Balaban J connectivity index is 1.46. The van der Waals surface area contributed by atoms with E-state index in [4.69, 9.17) is 0 Å². The van der Waals surface area contributed by atoms with Gasteiger partial charge in [-0.2, -0.15) is 0 Å². The number of thiophene rings is 1. The maximum atomic E-state index is 12.6. The third-order valence-corrected chi connectivity index (χ3v) is 6.07. The van der Waals surface area contributed by atoms with Crippen LogP contribution in [0.15, 0.2) is 23.6 Å². The fourth-order valence-corrected chi connectivity index (χ4v) is 4.88. The average Bonchev–Trinajstić information content (AvgIpc) is 3.35. The molecule has 4 rings (SSSR count). The number of fused-ring (bicyclic) bond motifs is 5. The highest BCUT2D eigenvalue weighted by Gasteiger charge is 2.59. The lowest BCUT2D eigenvalue weighted by atomic mass is 9.85. The number of methoxy groups -OCH3 is 1. The number of amides is 3. The monoisotopic (exact) mass is 360 g/mol. The smallest absolute Gasteiger partial charge is 0.350 e. The lowest BCUT2D eigenvalue weighted by Crippen LogP contribution is -2.39. The van der Waals surface area contributed by atoms with Crippen molar-refractivity contribution in [1.29, 1.82) is 0 Å². The van der Waals surface area contributed by atoms with Crippen LogP contribution >= 0.6 is 11.3 Å². The summed E-state index contributed by atoms with van der Waals surface area (Å²) in [5, 5.41) is 4.24. The molecule has 1 saturated carbocycles. The predicted octanol–water partition coefficient (Wildman–Crippen LogP) is 1.28. The summed E-state index contributed by atoms with van der Waals surface area (Å²) in [5.41, 5.74) is 0.322. The van der Waals surface area contributed by atoms with Crippen molar-refractivity contribution in [2.75, 3.05) is 19.0 Å². The minimum Gasteiger partial charge on any atom is -0.465 e. The topological polar surface area (TPSA) is 92.8 Å². The number of allylic oxidation sites excluding steroid dienone is 2. The third kappa shape index (κ3) is 2.39. The first-order valence-corrected chi connectivity index (χ1v) is 8.88. The quantitative estimate of drug-likeness (QED) is 0.496. The molecule has 1 aromatic heterocycles. The molecule has 3 amide bonds. The van der Waals surface area contributed by atoms with Gasteiger partial charge in [-0.1, -0.05) is 12.2 Å². The molecule has 4 atom stereocenters. The van der Waals surface area contributed by atoms with Crippen LogP contribution in [-0.4, -0.2) is 42.2 Å². The van der Waals surface area contributed by atoms with Gasteiger partial charge in [0.25, 0.3) is 0 Å². The van der Waals surface area contributed by atoms with Crippen LogP contribution in [0.25, 0.3) is 0 Å². The number of hydrogen-bond donors (Lipinski definition) is 1. The highest BCUT2D eigenvalue weighted by molar-refractivity contribution is 7.12. The molecule has 1 aliphatic heterocycles. The fourth-order valence-electron chi connectivity index (χ4n) is 4.11. The van der Waals surface area contributed by atoms with Crippen LogP contribution in [-0.2, 0) is 19.1 Å². The van der Waals surface area contributed by atoms with E-state index in [9.17, 15) is 19.2 Å². The number of ether oxygens (including phenoxy) is 1. The maximum Gasteiger partial charge on any atom is 0.350 e. The molecule has 1 aromatic rings. The lowest BCUT2D eigenvalue weighted by Gasteiger charge is -2.16. The Labute approximate surface area is 147 Å². The number of carbonyl (C=O) groups excluding carboxylic acids is 4. The number of rotatable bonds is 4. The highest BCUT2D eigenvalue weighted by Crippen LogP contribution is 2.52. The normalized spacial score (nSPS) is 29.2. The second-order valence-corrected chi connectivity index (χ2v) is 7.38. The van der Waals surface area contributed by atoms with Gasteiger partial charge < -0.3 is 10.1 Å². The molecule has 2 aliphatic carbocycles. The van der Waals surface area contributed by atoms with Crippen molar-refractivity contribution < 1.29 is 23.9 Å². The summed E-state index contributed by atoms with van der Waals surface area (Å²) in [6.07, 6.45) is 4.87. The molecule has 0 spiro atoms. The van der Waals surface area contributed by atoms with E-state index < -0.39 is 11.9 Å². The first-order chi connectivity index (χ1) is 12.0. The Morgan fingerprint density at radius 2 is 1.88 bits per heavy atom. The van der Waals surface area contributed by atoms with E-state index in [0.717, 1.165) is 22.7 Å². The van der Waals surface area contributed by atoms with Crippen molar-refractivity contribution in [2.45, 2.75) is 6.42 Å². The third-order valence-electron chi connectivity index (χ3n) is 5.17. The van der Waals surface area contributed by atoms with E-state index >= 15 is 0 Å². The van der Waals surface area contributed by atoms with E-state index in [1.54, 1.807) is 11.4 Å². The van der Waals surface area contributed by atoms with Gasteiger partial charge in [-0.3, -0.25) is 19.3 Å². The Morgan fingerprint density at radius 3 is 2.48 bits per heavy atom. The Bertz CT molecular complexity index is 784. The number of nitrogens with one attached hydrogen (secondary N) is 1. The van der Waals surface area contributed by atoms with Crippen LogP contribution in [0.4, 0.5) is 5.69 Å². The van der Waals surface area contributed by atoms with E-state index in [-0.39, 0.29) is 46.9 Å². The van der Waals surface area contributed by atoms with Crippen LogP contribution in [0.2, 0.25) is 0 Å². The Kier molecular flexibility index (Phi) is 3.72. The second-order valence-electron chi connectivity index (χ2n) is 6.47. The molecule has 4 unspecified atom stereocenters. The van der Waals surface area contributed by atoms with Gasteiger partial charge in [0.2, 0.25) is 17.7 Å². The van der Waals surface area contributed by atoms with Crippen molar-refractivity contribution in [3.05, 3.63) is 28.5 Å². The largest absolute Gasteiger partial charge is 0.465 e. The van der Waals surface area contributed by atoms with Crippen LogP contribution in [0.1, 0.15) is 16.1 Å². The minimum absolute atomic E-state index is 0.113. The summed E-state index contributed by atoms with van der Waals surface area (Å²) in [5.74, 6) is -1.99. The first kappa shape index (κ1) is 16.0. The van der Waals surface area contributed by atoms with E-state index in [1.807, 2.05) is 12.2 Å². The van der Waals surface area contributed by atoms with Gasteiger partial charge >= 0.3 is 5.97 Å². The minimum atomic E-state index is -0.546. The SMILES string of the molecule is COC(=O)c1sccc1NC(=O)CN1C(=O)C2C3C=CC(C3)C2C1=O. The number of imide groups is 1. The van der Waals surface area contributed by atoms with E-state index in [0.29, 0.717) is 5.69 Å². The van der Waals surface area contributed by atoms with Gasteiger partial charge in [0.15, 0.2) is 0 Å². The number of esters is 1. The number of likely N-dealkylation sites (tertiary alicyclic amines) is 1. The lowest BCUT2D eigenvalue weighted by molar-refractivity contribution is -0.143. The van der Waals surface area contributed by atoms with Crippen LogP contribution < -0.4 is 5.32 Å².